The van der Waals surface area contributed by atoms with E-state index in [9.17, 15) is 9.90 Å². The molecule has 0 aromatic heterocycles. The number of Topliss-reactive ketones (excluding diaryl/α,β-unsaturated/α-hetero) is 1. The molecule has 0 aliphatic heterocycles. The summed E-state index contributed by atoms with van der Waals surface area (Å²) in [6.07, 6.45) is 2.90. The first-order valence-corrected chi connectivity index (χ1v) is 9.59. The number of carbonyl (C=O) groups excluding carboxylic acids is 1. The number of ether oxygens (including phenoxy) is 1. The standard InChI is InChI=1S/C23H31NO3/c1-4-23(24,15-25)16-27-21-12-10-20(11-13-21)22(26)7-5-6-19-9-8-17(2)14-18(19)3/h8-14,25H,4-7,15-16,24H2,1-3H3. The van der Waals surface area contributed by atoms with Gasteiger partial charge < -0.3 is 15.6 Å². The van der Waals surface area contributed by atoms with Gasteiger partial charge in [0.1, 0.15) is 12.4 Å². The molecule has 4 nitrogen and oxygen atoms in total. The minimum absolute atomic E-state index is 0.124. The first-order valence-electron chi connectivity index (χ1n) is 9.59. The van der Waals surface area contributed by atoms with Gasteiger partial charge in [0.2, 0.25) is 0 Å². The van der Waals surface area contributed by atoms with Gasteiger partial charge in [0.15, 0.2) is 5.78 Å². The van der Waals surface area contributed by atoms with E-state index in [0.29, 0.717) is 24.2 Å². The van der Waals surface area contributed by atoms with Gasteiger partial charge in [-0.3, -0.25) is 4.79 Å². The summed E-state index contributed by atoms with van der Waals surface area (Å²) in [6, 6.07) is 13.6. The van der Waals surface area contributed by atoms with Crippen LogP contribution < -0.4 is 10.5 Å². The topological polar surface area (TPSA) is 72.6 Å². The van der Waals surface area contributed by atoms with E-state index < -0.39 is 5.54 Å². The molecule has 0 saturated heterocycles. The number of carbonyl (C=O) groups is 1. The molecule has 1 unspecified atom stereocenters. The molecule has 27 heavy (non-hydrogen) atoms. The fourth-order valence-corrected chi connectivity index (χ4v) is 2.93. The van der Waals surface area contributed by atoms with Gasteiger partial charge in [0, 0.05) is 12.0 Å². The molecule has 0 aliphatic carbocycles. The number of ketones is 1. The average molecular weight is 370 g/mol. The van der Waals surface area contributed by atoms with E-state index in [2.05, 4.69) is 32.0 Å². The largest absolute Gasteiger partial charge is 0.492 e. The molecule has 2 aromatic carbocycles. The second-order valence-electron chi connectivity index (χ2n) is 7.39. The summed E-state index contributed by atoms with van der Waals surface area (Å²) in [6.45, 7) is 6.24. The van der Waals surface area contributed by atoms with Crippen LogP contribution >= 0.6 is 0 Å². The molecule has 0 fully saturated rings. The van der Waals surface area contributed by atoms with Crippen molar-refractivity contribution in [1.29, 1.82) is 0 Å². The monoisotopic (exact) mass is 369 g/mol. The van der Waals surface area contributed by atoms with E-state index in [4.69, 9.17) is 10.5 Å². The fourth-order valence-electron chi connectivity index (χ4n) is 2.93. The summed E-state index contributed by atoms with van der Waals surface area (Å²) in [4.78, 5) is 12.4. The zero-order valence-electron chi connectivity index (χ0n) is 16.6. The molecule has 146 valence electrons. The number of aliphatic hydroxyl groups excluding tert-OH is 1. The SMILES string of the molecule is CCC(N)(CO)COc1ccc(C(=O)CCCc2ccc(C)cc2C)cc1. The summed E-state index contributed by atoms with van der Waals surface area (Å²) in [7, 11) is 0. The Balaban J connectivity index is 1.84. The van der Waals surface area contributed by atoms with Crippen molar-refractivity contribution in [3.8, 4) is 5.75 Å². The van der Waals surface area contributed by atoms with Crippen molar-refractivity contribution in [3.05, 3.63) is 64.7 Å². The summed E-state index contributed by atoms with van der Waals surface area (Å²) >= 11 is 0. The Kier molecular flexibility index (Phi) is 7.57. The quantitative estimate of drug-likeness (QED) is 0.621. The van der Waals surface area contributed by atoms with E-state index in [1.54, 1.807) is 24.3 Å². The number of hydrogen-bond donors (Lipinski definition) is 2. The lowest BCUT2D eigenvalue weighted by molar-refractivity contribution is 0.0980. The molecule has 0 aliphatic rings. The number of hydrogen-bond acceptors (Lipinski definition) is 4. The van der Waals surface area contributed by atoms with Crippen LogP contribution in [0.25, 0.3) is 0 Å². The minimum atomic E-state index is -0.734. The van der Waals surface area contributed by atoms with Crippen molar-refractivity contribution in [3.63, 3.8) is 0 Å². The van der Waals surface area contributed by atoms with Crippen LogP contribution in [0.4, 0.5) is 0 Å². The molecule has 3 N–H and O–H groups in total. The van der Waals surface area contributed by atoms with Crippen LogP contribution in [0, 0.1) is 13.8 Å². The van der Waals surface area contributed by atoms with E-state index in [0.717, 1.165) is 12.8 Å². The smallest absolute Gasteiger partial charge is 0.162 e. The van der Waals surface area contributed by atoms with Crippen LogP contribution in [0.1, 0.15) is 53.2 Å². The molecule has 4 heteroatoms. The first-order chi connectivity index (χ1) is 12.9. The zero-order valence-corrected chi connectivity index (χ0v) is 16.6. The Morgan fingerprint density at radius 1 is 1.15 bits per heavy atom. The van der Waals surface area contributed by atoms with Gasteiger partial charge in [-0.2, -0.15) is 0 Å². The minimum Gasteiger partial charge on any atom is -0.492 e. The Morgan fingerprint density at radius 3 is 2.44 bits per heavy atom. The Morgan fingerprint density at radius 2 is 1.85 bits per heavy atom. The molecule has 0 heterocycles. The third-order valence-corrected chi connectivity index (χ3v) is 5.07. The molecule has 2 aromatic rings. The van der Waals surface area contributed by atoms with Gasteiger partial charge in [0.05, 0.1) is 12.1 Å². The van der Waals surface area contributed by atoms with Crippen molar-refractivity contribution < 1.29 is 14.6 Å². The molecule has 0 amide bonds. The highest BCUT2D eigenvalue weighted by Crippen LogP contribution is 2.18. The summed E-state index contributed by atoms with van der Waals surface area (Å²) in [5.74, 6) is 0.793. The zero-order chi connectivity index (χ0) is 19.9. The predicted molar refractivity (Wildman–Crippen MR) is 109 cm³/mol. The van der Waals surface area contributed by atoms with Gasteiger partial charge in [-0.25, -0.2) is 0 Å². The van der Waals surface area contributed by atoms with Crippen LogP contribution in [-0.4, -0.2) is 29.6 Å². The second kappa shape index (κ2) is 9.67. The number of aliphatic hydroxyl groups is 1. The Hall–Kier alpha value is -2.17. The Labute approximate surface area is 162 Å². The summed E-state index contributed by atoms with van der Waals surface area (Å²) < 4.78 is 5.65. The number of benzene rings is 2. The molecular formula is C23H31NO3. The van der Waals surface area contributed by atoms with Crippen molar-refractivity contribution in [2.45, 2.75) is 52.0 Å². The molecule has 0 saturated carbocycles. The van der Waals surface area contributed by atoms with Crippen molar-refractivity contribution in [1.82, 2.24) is 0 Å². The summed E-state index contributed by atoms with van der Waals surface area (Å²) in [5, 5.41) is 9.33. The highest BCUT2D eigenvalue weighted by atomic mass is 16.5. The maximum absolute atomic E-state index is 12.4. The van der Waals surface area contributed by atoms with Crippen molar-refractivity contribution in [2.24, 2.45) is 5.73 Å². The van der Waals surface area contributed by atoms with Crippen LogP contribution in [0.15, 0.2) is 42.5 Å². The van der Waals surface area contributed by atoms with Gasteiger partial charge in [0.25, 0.3) is 0 Å². The number of aryl methyl sites for hydroxylation is 3. The van der Waals surface area contributed by atoms with Crippen LogP contribution in [-0.2, 0) is 6.42 Å². The maximum atomic E-state index is 12.4. The highest BCUT2D eigenvalue weighted by molar-refractivity contribution is 5.96. The normalized spacial score (nSPS) is 13.2. The molecule has 0 radical (unpaired) electrons. The Bertz CT molecular complexity index is 749. The van der Waals surface area contributed by atoms with Gasteiger partial charge in [-0.05, 0) is 68.5 Å². The third kappa shape index (κ3) is 6.19. The average Bonchev–Trinajstić information content (AvgIpc) is 2.68. The molecule has 0 spiro atoms. The van der Waals surface area contributed by atoms with Gasteiger partial charge in [-0.15, -0.1) is 0 Å². The fraction of sp³-hybridized carbons (Fsp3) is 0.435. The van der Waals surface area contributed by atoms with Crippen molar-refractivity contribution >= 4 is 5.78 Å². The van der Waals surface area contributed by atoms with Crippen LogP contribution in [0.5, 0.6) is 5.75 Å². The number of rotatable bonds is 10. The number of nitrogens with two attached hydrogens (primary N) is 1. The van der Waals surface area contributed by atoms with Gasteiger partial charge in [-0.1, -0.05) is 30.7 Å². The lowest BCUT2D eigenvalue weighted by atomic mass is 9.98. The van der Waals surface area contributed by atoms with Crippen LogP contribution in [0.3, 0.4) is 0 Å². The van der Waals surface area contributed by atoms with Crippen LogP contribution in [0.2, 0.25) is 0 Å². The van der Waals surface area contributed by atoms with E-state index >= 15 is 0 Å². The van der Waals surface area contributed by atoms with E-state index in [-0.39, 0.29) is 19.0 Å². The molecule has 0 bridgehead atoms. The maximum Gasteiger partial charge on any atom is 0.162 e. The second-order valence-corrected chi connectivity index (χ2v) is 7.39. The third-order valence-electron chi connectivity index (χ3n) is 5.07. The predicted octanol–water partition coefficient (Wildman–Crippen LogP) is 3.99. The summed E-state index contributed by atoms with van der Waals surface area (Å²) in [5.41, 5.74) is 9.83. The van der Waals surface area contributed by atoms with E-state index in [1.807, 2.05) is 6.92 Å². The van der Waals surface area contributed by atoms with E-state index in [1.165, 1.54) is 16.7 Å². The highest BCUT2D eigenvalue weighted by Gasteiger charge is 2.22. The van der Waals surface area contributed by atoms with Gasteiger partial charge >= 0.3 is 0 Å². The molecule has 1 atom stereocenters. The molecular weight excluding hydrogens is 338 g/mol. The first kappa shape index (κ1) is 21.1. The lowest BCUT2D eigenvalue weighted by Gasteiger charge is -2.25. The lowest BCUT2D eigenvalue weighted by Crippen LogP contribution is -2.48. The van der Waals surface area contributed by atoms with Crippen molar-refractivity contribution in [2.75, 3.05) is 13.2 Å². The molecule has 2 rings (SSSR count).